The Balaban J connectivity index is 1.38. The summed E-state index contributed by atoms with van der Waals surface area (Å²) in [6.07, 6.45) is -8.03. The molecule has 0 aromatic carbocycles. The standard InChI is InChI=1S/C57H100O20/c1-9-12-14-15-16-17-20-23-27-31-39(58)72-50-45(64)55(69-36(7)48(50)75-54-44(63)43(62)47(35(6)68-54)74-53(66)33(4)11-3)76-49-37(8)70-56-46(65)51(49)73-40(59)32-28-24-21-18-19-22-26-30-38(29-25-13-10-2)71-57-52(77-56)42(61)41(60)34(5)67-57/h33-38,41-52,54-57,60-65H,9-32H2,1-8H3/t33-,34+,35-,36-,37-,38-,41-,42-,43-,44+,45+,46+,47-,48-,49-,50-,51-,52+,54-,55-,56-,57-/m0/s1. The summed E-state index contributed by atoms with van der Waals surface area (Å²) in [6.45, 7) is 14.1. The van der Waals surface area contributed by atoms with Crippen LogP contribution in [0.1, 0.15) is 209 Å². The predicted molar refractivity (Wildman–Crippen MR) is 280 cm³/mol. The lowest BCUT2D eigenvalue weighted by Crippen LogP contribution is -2.67. The summed E-state index contributed by atoms with van der Waals surface area (Å²) in [5, 5.41) is 69.7. The Morgan fingerprint density at radius 1 is 0.519 bits per heavy atom. The zero-order chi connectivity index (χ0) is 56.2. The molecule has 0 radical (unpaired) electrons. The third-order valence-electron chi connectivity index (χ3n) is 16.1. The van der Waals surface area contributed by atoms with Crippen molar-refractivity contribution in [3.05, 3.63) is 0 Å². The van der Waals surface area contributed by atoms with Gasteiger partial charge in [-0.05, 0) is 59.8 Å². The molecule has 6 N–H and O–H groups in total. The highest BCUT2D eigenvalue weighted by atomic mass is 16.8. The zero-order valence-corrected chi connectivity index (χ0v) is 47.6. The maximum absolute atomic E-state index is 13.7. The normalized spacial score (nSPS) is 39.5. The lowest BCUT2D eigenvalue weighted by atomic mass is 9.95. The Kier molecular flexibility index (Phi) is 28.7. The predicted octanol–water partition coefficient (Wildman–Crippen LogP) is 6.48. The van der Waals surface area contributed by atoms with Crippen LogP contribution in [-0.2, 0) is 66.5 Å². The molecule has 77 heavy (non-hydrogen) atoms. The monoisotopic (exact) mass is 1100 g/mol. The number of aliphatic hydroxyl groups excluding tert-OH is 6. The van der Waals surface area contributed by atoms with E-state index in [2.05, 4.69) is 13.8 Å². The molecule has 20 heteroatoms. The summed E-state index contributed by atoms with van der Waals surface area (Å²) < 4.78 is 68.2. The van der Waals surface area contributed by atoms with Crippen LogP contribution in [0.15, 0.2) is 0 Å². The van der Waals surface area contributed by atoms with E-state index < -0.39 is 147 Å². The van der Waals surface area contributed by atoms with Gasteiger partial charge in [0, 0.05) is 12.8 Å². The van der Waals surface area contributed by atoms with Gasteiger partial charge in [-0.3, -0.25) is 14.4 Å². The first-order chi connectivity index (χ1) is 36.9. The number of ether oxygens (including phenoxy) is 11. The molecule has 0 aromatic rings. The highest BCUT2D eigenvalue weighted by Gasteiger charge is 2.56. The van der Waals surface area contributed by atoms with E-state index in [4.69, 9.17) is 52.1 Å². The first-order valence-corrected chi connectivity index (χ1v) is 29.8. The fourth-order valence-electron chi connectivity index (χ4n) is 10.9. The van der Waals surface area contributed by atoms with Crippen molar-refractivity contribution >= 4 is 17.9 Å². The first-order valence-electron chi connectivity index (χ1n) is 29.8. The molecular formula is C57H100O20. The Hall–Kier alpha value is -2.15. The molecule has 0 spiro atoms. The van der Waals surface area contributed by atoms with Gasteiger partial charge in [0.1, 0.15) is 54.9 Å². The Morgan fingerprint density at radius 2 is 1.08 bits per heavy atom. The topological polar surface area (TPSA) is 274 Å². The molecule has 0 saturated carbocycles. The molecule has 5 aliphatic rings. The maximum atomic E-state index is 13.7. The average molecular weight is 1110 g/mol. The van der Waals surface area contributed by atoms with Gasteiger partial charge in [0.05, 0.1) is 36.4 Å². The number of hydrogen-bond acceptors (Lipinski definition) is 20. The Morgan fingerprint density at radius 3 is 1.74 bits per heavy atom. The minimum atomic E-state index is -1.81. The number of unbranched alkanes of at least 4 members (excludes halogenated alkanes) is 10. The van der Waals surface area contributed by atoms with Crippen LogP contribution < -0.4 is 0 Å². The number of carbonyl (C=O) groups is 3. The van der Waals surface area contributed by atoms with Gasteiger partial charge in [-0.2, -0.15) is 0 Å². The van der Waals surface area contributed by atoms with E-state index >= 15 is 0 Å². The second-order valence-electron chi connectivity index (χ2n) is 22.5. The average Bonchev–Trinajstić information content (AvgIpc) is 3.40. The molecule has 0 aliphatic carbocycles. The van der Waals surface area contributed by atoms with E-state index in [1.165, 1.54) is 25.7 Å². The summed E-state index contributed by atoms with van der Waals surface area (Å²) in [4.78, 5) is 40.2. The highest BCUT2D eigenvalue weighted by molar-refractivity contribution is 5.72. The molecule has 5 aliphatic heterocycles. The van der Waals surface area contributed by atoms with Gasteiger partial charge >= 0.3 is 17.9 Å². The molecule has 5 saturated heterocycles. The van der Waals surface area contributed by atoms with Crippen LogP contribution in [0.3, 0.4) is 0 Å². The molecule has 5 rings (SSSR count). The lowest BCUT2D eigenvalue weighted by molar-refractivity contribution is -0.387. The van der Waals surface area contributed by atoms with E-state index in [-0.39, 0.29) is 18.9 Å². The smallest absolute Gasteiger partial charge is 0.309 e. The van der Waals surface area contributed by atoms with Crippen LogP contribution in [0.4, 0.5) is 0 Å². The number of rotatable bonds is 22. The zero-order valence-electron chi connectivity index (χ0n) is 47.6. The molecule has 2 bridgehead atoms. The van der Waals surface area contributed by atoms with Gasteiger partial charge in [0.15, 0.2) is 43.5 Å². The molecule has 5 fully saturated rings. The van der Waals surface area contributed by atoms with E-state index in [9.17, 15) is 45.0 Å². The van der Waals surface area contributed by atoms with Crippen molar-refractivity contribution < 1.29 is 97.1 Å². The summed E-state index contributed by atoms with van der Waals surface area (Å²) in [5.74, 6) is -2.32. The fraction of sp³-hybridized carbons (Fsp3) is 0.947. The minimum Gasteiger partial charge on any atom is -0.457 e. The quantitative estimate of drug-likeness (QED) is 0.0385. The van der Waals surface area contributed by atoms with Crippen LogP contribution in [0.25, 0.3) is 0 Å². The highest BCUT2D eigenvalue weighted by Crippen LogP contribution is 2.37. The van der Waals surface area contributed by atoms with Crippen molar-refractivity contribution in [2.24, 2.45) is 5.92 Å². The Labute approximate surface area is 458 Å². The van der Waals surface area contributed by atoms with Gasteiger partial charge in [0.25, 0.3) is 0 Å². The van der Waals surface area contributed by atoms with Crippen molar-refractivity contribution in [1.82, 2.24) is 0 Å². The molecule has 0 amide bonds. The van der Waals surface area contributed by atoms with E-state index in [1.54, 1.807) is 34.6 Å². The van der Waals surface area contributed by atoms with Gasteiger partial charge in [0.2, 0.25) is 0 Å². The second kappa shape index (κ2) is 33.7. The maximum Gasteiger partial charge on any atom is 0.309 e. The van der Waals surface area contributed by atoms with Gasteiger partial charge in [-0.25, -0.2) is 0 Å². The molecule has 448 valence electrons. The van der Waals surface area contributed by atoms with Crippen molar-refractivity contribution in [2.75, 3.05) is 0 Å². The minimum absolute atomic E-state index is 0.0231. The summed E-state index contributed by atoms with van der Waals surface area (Å²) >= 11 is 0. The Bertz CT molecular complexity index is 1690. The van der Waals surface area contributed by atoms with Crippen molar-refractivity contribution in [2.45, 2.75) is 338 Å². The number of esters is 3. The fourth-order valence-corrected chi connectivity index (χ4v) is 10.9. The van der Waals surface area contributed by atoms with Crippen LogP contribution in [0.2, 0.25) is 0 Å². The molecule has 22 atom stereocenters. The van der Waals surface area contributed by atoms with Crippen LogP contribution >= 0.6 is 0 Å². The van der Waals surface area contributed by atoms with Gasteiger partial charge in [-0.15, -0.1) is 0 Å². The third-order valence-corrected chi connectivity index (χ3v) is 16.1. The molecule has 0 unspecified atom stereocenters. The first kappa shape index (κ1) is 65.7. The largest absolute Gasteiger partial charge is 0.457 e. The number of hydrogen-bond donors (Lipinski definition) is 6. The molecular weight excluding hydrogens is 1000 g/mol. The second-order valence-corrected chi connectivity index (χ2v) is 22.5. The van der Waals surface area contributed by atoms with Crippen LogP contribution in [0.5, 0.6) is 0 Å². The van der Waals surface area contributed by atoms with Gasteiger partial charge in [-0.1, -0.05) is 137 Å². The van der Waals surface area contributed by atoms with E-state index in [0.717, 1.165) is 96.3 Å². The van der Waals surface area contributed by atoms with Crippen molar-refractivity contribution in [1.29, 1.82) is 0 Å². The van der Waals surface area contributed by atoms with Crippen molar-refractivity contribution in [3.63, 3.8) is 0 Å². The molecule has 5 heterocycles. The number of carbonyl (C=O) groups excluding carboxylic acids is 3. The van der Waals surface area contributed by atoms with Gasteiger partial charge < -0.3 is 82.7 Å². The molecule has 0 aromatic heterocycles. The van der Waals surface area contributed by atoms with E-state index in [1.807, 2.05) is 6.92 Å². The SMILES string of the molecule is CCCCCCCCCCCC(=O)O[C@H]1[C@@H](O)[C@H](O[C@@H]2[C@H]3OC(=O)CCCCCCCCC[C@H](CCCCC)O[C@@H]4O[C@H](C)[C@H](O)[C@H](O)[C@H]4O[C@H](O[C@H]2C)[C@@H]3O)O[C@@H](C)[C@@H]1O[C@@H]1O[C@@H](C)[C@H](OC(=O)[C@@H](C)CC)[C@@H](O)[C@H]1O. The number of fused-ring (bicyclic) bond motifs is 3. The number of aliphatic hydroxyl groups is 6. The van der Waals surface area contributed by atoms with Crippen LogP contribution in [-0.4, -0.2) is 177 Å². The summed E-state index contributed by atoms with van der Waals surface area (Å²) in [6, 6.07) is 0. The summed E-state index contributed by atoms with van der Waals surface area (Å²) in [7, 11) is 0. The van der Waals surface area contributed by atoms with Crippen LogP contribution in [0, 0.1) is 5.92 Å². The van der Waals surface area contributed by atoms with Crippen molar-refractivity contribution in [3.8, 4) is 0 Å². The van der Waals surface area contributed by atoms with E-state index in [0.29, 0.717) is 19.3 Å². The third kappa shape index (κ3) is 19.5. The molecule has 20 nitrogen and oxygen atoms in total. The summed E-state index contributed by atoms with van der Waals surface area (Å²) in [5.41, 5.74) is 0. The lowest BCUT2D eigenvalue weighted by Gasteiger charge is -2.49.